The van der Waals surface area contributed by atoms with Gasteiger partial charge in [-0.05, 0) is 30.3 Å². The van der Waals surface area contributed by atoms with E-state index in [-0.39, 0.29) is 5.91 Å². The van der Waals surface area contributed by atoms with Gasteiger partial charge in [0.05, 0.1) is 19.4 Å². The second kappa shape index (κ2) is 9.00. The Balaban J connectivity index is 1.38. The number of aliphatic hydroxyl groups is 1. The molecule has 3 N–H and O–H groups in total. The Morgan fingerprint density at radius 3 is 2.61 bits per heavy atom. The number of carbonyl (C=O) groups is 2. The molecule has 1 saturated heterocycles. The van der Waals surface area contributed by atoms with Gasteiger partial charge in [0.2, 0.25) is 5.91 Å². The van der Waals surface area contributed by atoms with Crippen LogP contribution in [0.3, 0.4) is 0 Å². The van der Waals surface area contributed by atoms with E-state index in [1.807, 2.05) is 24.3 Å². The summed E-state index contributed by atoms with van der Waals surface area (Å²) in [7, 11) is 1.63. The number of para-hydroxylation sites is 2. The number of H-pyrrole nitrogens is 1. The Morgan fingerprint density at radius 2 is 1.87 bits per heavy atom. The highest BCUT2D eigenvalue weighted by Crippen LogP contribution is 2.28. The second-order valence-electron chi connectivity index (χ2n) is 7.22. The number of hydrogen-bond acceptors (Lipinski definition) is 7. The number of nitrogens with zero attached hydrogens (tertiary/aromatic N) is 4. The molecule has 0 bridgehead atoms. The van der Waals surface area contributed by atoms with Crippen molar-refractivity contribution in [3.05, 3.63) is 48.0 Å². The van der Waals surface area contributed by atoms with Gasteiger partial charge in [-0.15, -0.1) is 0 Å². The molecule has 1 fully saturated rings. The SMILES string of the molecule is COc1ccccc1N1CCN(C(=O)C(CO)NC(=O)c2ccc3n[nH]nc3c2)CC1. The number of fused-ring (bicyclic) bond motifs is 1. The third-order valence-corrected chi connectivity index (χ3v) is 5.38. The lowest BCUT2D eigenvalue weighted by Crippen LogP contribution is -2.56. The first-order chi connectivity index (χ1) is 15.1. The van der Waals surface area contributed by atoms with Crippen molar-refractivity contribution in [3.8, 4) is 5.75 Å². The van der Waals surface area contributed by atoms with Crippen molar-refractivity contribution in [2.24, 2.45) is 0 Å². The molecule has 31 heavy (non-hydrogen) atoms. The quantitative estimate of drug-likeness (QED) is 0.523. The number of carbonyl (C=O) groups excluding carboxylic acids is 2. The van der Waals surface area contributed by atoms with Crippen LogP contribution in [0.25, 0.3) is 11.0 Å². The molecule has 0 saturated carbocycles. The van der Waals surface area contributed by atoms with Crippen molar-refractivity contribution < 1.29 is 19.4 Å². The van der Waals surface area contributed by atoms with Crippen molar-refractivity contribution in [2.45, 2.75) is 6.04 Å². The minimum absolute atomic E-state index is 0.307. The molecule has 1 aromatic heterocycles. The van der Waals surface area contributed by atoms with Crippen LogP contribution in [0.1, 0.15) is 10.4 Å². The average Bonchev–Trinajstić information content (AvgIpc) is 3.30. The lowest BCUT2D eigenvalue weighted by molar-refractivity contribution is -0.134. The molecule has 10 nitrogen and oxygen atoms in total. The molecule has 3 aromatic rings. The van der Waals surface area contributed by atoms with Crippen LogP contribution in [0.2, 0.25) is 0 Å². The summed E-state index contributed by atoms with van der Waals surface area (Å²) in [6.45, 7) is 1.73. The molecular weight excluding hydrogens is 400 g/mol. The van der Waals surface area contributed by atoms with Gasteiger partial charge in [-0.2, -0.15) is 15.4 Å². The van der Waals surface area contributed by atoms with E-state index in [1.54, 1.807) is 30.2 Å². The highest BCUT2D eigenvalue weighted by molar-refractivity contribution is 5.99. The number of ether oxygens (including phenoxy) is 1. The normalized spacial score (nSPS) is 15.0. The number of amides is 2. The van der Waals surface area contributed by atoms with E-state index in [2.05, 4.69) is 25.6 Å². The number of rotatable bonds is 6. The summed E-state index contributed by atoms with van der Waals surface area (Å²) in [5.41, 5.74) is 2.51. The second-order valence-corrected chi connectivity index (χ2v) is 7.22. The molecule has 10 heteroatoms. The monoisotopic (exact) mass is 424 g/mol. The first kappa shape index (κ1) is 20.6. The molecule has 2 heterocycles. The molecule has 2 amide bonds. The van der Waals surface area contributed by atoms with E-state index in [1.165, 1.54) is 0 Å². The fourth-order valence-electron chi connectivity index (χ4n) is 3.69. The number of anilines is 1. The Kier molecular flexibility index (Phi) is 5.99. The summed E-state index contributed by atoms with van der Waals surface area (Å²) >= 11 is 0. The minimum atomic E-state index is -1.02. The van der Waals surface area contributed by atoms with Crippen molar-refractivity contribution >= 4 is 28.5 Å². The lowest BCUT2D eigenvalue weighted by atomic mass is 10.1. The molecule has 162 valence electrons. The summed E-state index contributed by atoms with van der Waals surface area (Å²) in [4.78, 5) is 29.3. The van der Waals surface area contributed by atoms with Gasteiger partial charge in [0, 0.05) is 31.7 Å². The van der Waals surface area contributed by atoms with Crippen LogP contribution >= 0.6 is 0 Å². The van der Waals surface area contributed by atoms with Gasteiger partial charge >= 0.3 is 0 Å². The maximum Gasteiger partial charge on any atom is 0.252 e. The molecule has 1 atom stereocenters. The van der Waals surface area contributed by atoms with Crippen LogP contribution in [-0.4, -0.2) is 83.2 Å². The van der Waals surface area contributed by atoms with E-state index in [4.69, 9.17) is 4.74 Å². The third-order valence-electron chi connectivity index (χ3n) is 5.38. The number of benzene rings is 2. The molecule has 1 aliphatic heterocycles. The van der Waals surface area contributed by atoms with E-state index < -0.39 is 18.6 Å². The van der Waals surface area contributed by atoms with Crippen molar-refractivity contribution in [2.75, 3.05) is 44.8 Å². The van der Waals surface area contributed by atoms with Crippen LogP contribution < -0.4 is 15.0 Å². The summed E-state index contributed by atoms with van der Waals surface area (Å²) < 4.78 is 5.42. The Bertz CT molecular complexity index is 1080. The topological polar surface area (TPSA) is 124 Å². The highest BCUT2D eigenvalue weighted by atomic mass is 16.5. The summed E-state index contributed by atoms with van der Waals surface area (Å²) in [5, 5.41) is 22.8. The number of methoxy groups -OCH3 is 1. The predicted octanol–water partition coefficient (Wildman–Crippen LogP) is 0.406. The number of aromatic amines is 1. The number of piperazine rings is 1. The summed E-state index contributed by atoms with van der Waals surface area (Å²) in [6, 6.07) is 11.6. The van der Waals surface area contributed by atoms with Crippen LogP contribution in [0, 0.1) is 0 Å². The van der Waals surface area contributed by atoms with Gasteiger partial charge in [0.15, 0.2) is 0 Å². The molecule has 0 radical (unpaired) electrons. The van der Waals surface area contributed by atoms with Crippen LogP contribution in [0.4, 0.5) is 5.69 Å². The fourth-order valence-corrected chi connectivity index (χ4v) is 3.69. The zero-order valence-electron chi connectivity index (χ0n) is 17.1. The summed E-state index contributed by atoms with van der Waals surface area (Å²) in [5.74, 6) is 0.0230. The van der Waals surface area contributed by atoms with Gasteiger partial charge in [-0.25, -0.2) is 0 Å². The van der Waals surface area contributed by atoms with Crippen LogP contribution in [0.5, 0.6) is 5.75 Å². The van der Waals surface area contributed by atoms with Crippen molar-refractivity contribution in [1.29, 1.82) is 0 Å². The minimum Gasteiger partial charge on any atom is -0.495 e. The number of aliphatic hydroxyl groups excluding tert-OH is 1. The summed E-state index contributed by atoms with van der Waals surface area (Å²) in [6.07, 6.45) is 0. The maximum absolute atomic E-state index is 12.9. The zero-order valence-corrected chi connectivity index (χ0v) is 17.1. The Hall–Kier alpha value is -3.66. The lowest BCUT2D eigenvalue weighted by Gasteiger charge is -2.37. The van der Waals surface area contributed by atoms with Gasteiger partial charge in [-0.1, -0.05) is 12.1 Å². The predicted molar refractivity (Wildman–Crippen MR) is 114 cm³/mol. The Labute approximate surface area is 178 Å². The van der Waals surface area contributed by atoms with Crippen molar-refractivity contribution in [1.82, 2.24) is 25.6 Å². The first-order valence-corrected chi connectivity index (χ1v) is 9.99. The molecule has 0 spiro atoms. The molecule has 2 aromatic carbocycles. The Morgan fingerprint density at radius 1 is 1.13 bits per heavy atom. The third kappa shape index (κ3) is 4.29. The van der Waals surface area contributed by atoms with E-state index in [9.17, 15) is 14.7 Å². The standard InChI is InChI=1S/C21H24N6O4/c1-31-19-5-3-2-4-18(19)26-8-10-27(11-9-26)21(30)17(13-28)22-20(29)14-6-7-15-16(12-14)24-25-23-15/h2-7,12,17,28H,8-11,13H2,1H3,(H,22,29)(H,23,24,25). The molecular formula is C21H24N6O4. The molecule has 0 aliphatic carbocycles. The maximum atomic E-state index is 12.9. The molecule has 1 aliphatic rings. The van der Waals surface area contributed by atoms with E-state index in [0.717, 1.165) is 11.4 Å². The van der Waals surface area contributed by atoms with Crippen LogP contribution in [0.15, 0.2) is 42.5 Å². The van der Waals surface area contributed by atoms with Gasteiger partial charge in [-0.3, -0.25) is 9.59 Å². The zero-order chi connectivity index (χ0) is 21.8. The van der Waals surface area contributed by atoms with Crippen molar-refractivity contribution in [3.63, 3.8) is 0 Å². The number of hydrogen-bond donors (Lipinski definition) is 3. The van der Waals surface area contributed by atoms with E-state index >= 15 is 0 Å². The molecule has 1 unspecified atom stereocenters. The average molecular weight is 424 g/mol. The number of aromatic nitrogens is 3. The largest absolute Gasteiger partial charge is 0.495 e. The molecule has 4 rings (SSSR count). The highest BCUT2D eigenvalue weighted by Gasteiger charge is 2.29. The van der Waals surface area contributed by atoms with Gasteiger partial charge in [0.1, 0.15) is 22.8 Å². The smallest absolute Gasteiger partial charge is 0.252 e. The van der Waals surface area contributed by atoms with Gasteiger partial charge in [0.25, 0.3) is 5.91 Å². The fraction of sp³-hybridized carbons (Fsp3) is 0.333. The first-order valence-electron chi connectivity index (χ1n) is 9.99. The van der Waals surface area contributed by atoms with Gasteiger partial charge < -0.3 is 25.0 Å². The van der Waals surface area contributed by atoms with Crippen LogP contribution in [-0.2, 0) is 4.79 Å². The van der Waals surface area contributed by atoms with E-state index in [0.29, 0.717) is 42.8 Å². The number of nitrogens with one attached hydrogen (secondary N) is 2.